The van der Waals surface area contributed by atoms with E-state index >= 15 is 0 Å². The molecule has 0 bridgehead atoms. The molecule has 0 saturated carbocycles. The minimum absolute atomic E-state index is 0.0429. The fraction of sp³-hybridized carbons (Fsp3) is 0.889. The van der Waals surface area contributed by atoms with Crippen LogP contribution in [0.1, 0.15) is 20.3 Å². The van der Waals surface area contributed by atoms with Crippen LogP contribution in [0, 0.1) is 5.41 Å². The Morgan fingerprint density at radius 3 is 2.44 bits per heavy atom. The van der Waals surface area contributed by atoms with Crippen LogP contribution >= 0.6 is 8.03 Å². The molecule has 94 valence electrons. The molecule has 7 heteroatoms. The van der Waals surface area contributed by atoms with Gasteiger partial charge in [0, 0.05) is 12.6 Å². The molecule has 0 aromatic heterocycles. The highest BCUT2D eigenvalue weighted by atomic mass is 31.1. The third kappa shape index (κ3) is 5.09. The van der Waals surface area contributed by atoms with Crippen LogP contribution < -0.4 is 0 Å². The molecule has 0 heterocycles. The summed E-state index contributed by atoms with van der Waals surface area (Å²) in [6.45, 7) is 3.66. The molecule has 2 unspecified atom stereocenters. The van der Waals surface area contributed by atoms with Gasteiger partial charge in [-0.1, -0.05) is 0 Å². The van der Waals surface area contributed by atoms with Crippen molar-refractivity contribution in [1.82, 2.24) is 0 Å². The molecule has 0 aliphatic carbocycles. The van der Waals surface area contributed by atoms with Crippen molar-refractivity contribution >= 4 is 14.2 Å². The molecule has 0 aliphatic rings. The van der Waals surface area contributed by atoms with E-state index in [1.165, 1.54) is 0 Å². The molecular weight excluding hydrogens is 233 g/mol. The van der Waals surface area contributed by atoms with Gasteiger partial charge >= 0.3 is 8.03 Å². The number of rotatable bonds is 8. The molecule has 0 spiro atoms. The van der Waals surface area contributed by atoms with Crippen molar-refractivity contribution in [1.29, 1.82) is 5.41 Å². The minimum atomic E-state index is -1.88. The average molecular weight is 252 g/mol. The molecule has 4 N–H and O–H groups in total. The summed E-state index contributed by atoms with van der Waals surface area (Å²) >= 11 is 0. The standard InChI is InChI=1S/C9H19NO5P/c1-3-15-16(14)6(2)4-7(11)9(13)8(12)5-10/h5-13H,3-4H2,1-2H3/q+1/t6?,7-,8+,9-/m1/s1. The van der Waals surface area contributed by atoms with Gasteiger partial charge in [-0.25, -0.2) is 0 Å². The van der Waals surface area contributed by atoms with E-state index in [0.717, 1.165) is 0 Å². The van der Waals surface area contributed by atoms with Gasteiger partial charge in [-0.3, -0.25) is 0 Å². The van der Waals surface area contributed by atoms with Crippen LogP contribution in [0.4, 0.5) is 0 Å². The van der Waals surface area contributed by atoms with Gasteiger partial charge in [0.05, 0.1) is 12.7 Å². The average Bonchev–Trinajstić information content (AvgIpc) is 2.26. The summed E-state index contributed by atoms with van der Waals surface area (Å²) in [5.74, 6) is 0. The largest absolute Gasteiger partial charge is 0.511 e. The Morgan fingerprint density at radius 2 is 2.00 bits per heavy atom. The third-order valence-corrected chi connectivity index (χ3v) is 3.56. The highest BCUT2D eigenvalue weighted by Crippen LogP contribution is 2.32. The summed E-state index contributed by atoms with van der Waals surface area (Å²) in [7, 11) is -1.88. The topological polar surface area (TPSA) is 111 Å². The van der Waals surface area contributed by atoms with Crippen LogP contribution in [-0.2, 0) is 9.09 Å². The van der Waals surface area contributed by atoms with Crippen molar-refractivity contribution in [2.24, 2.45) is 0 Å². The maximum Gasteiger partial charge on any atom is 0.511 e. The van der Waals surface area contributed by atoms with Crippen molar-refractivity contribution in [3.63, 3.8) is 0 Å². The lowest BCUT2D eigenvalue weighted by molar-refractivity contribution is -0.0360. The zero-order chi connectivity index (χ0) is 12.7. The number of aliphatic hydroxyl groups is 3. The Kier molecular flexibility index (Phi) is 7.62. The first kappa shape index (κ1) is 15.6. The second kappa shape index (κ2) is 7.81. The molecule has 0 aromatic rings. The predicted octanol–water partition coefficient (Wildman–Crippen LogP) is 0.276. The normalized spacial score (nSPS) is 19.7. The Hall–Kier alpha value is -0.390. The zero-order valence-electron chi connectivity index (χ0n) is 9.41. The van der Waals surface area contributed by atoms with Crippen molar-refractivity contribution in [3.05, 3.63) is 0 Å². The molecule has 5 atom stereocenters. The summed E-state index contributed by atoms with van der Waals surface area (Å²) in [5.41, 5.74) is -0.419. The Morgan fingerprint density at radius 1 is 1.44 bits per heavy atom. The molecular formula is C9H19NO5P+. The lowest BCUT2D eigenvalue weighted by Crippen LogP contribution is -2.39. The second-order valence-corrected chi connectivity index (χ2v) is 5.21. The van der Waals surface area contributed by atoms with E-state index in [1.54, 1.807) is 13.8 Å². The maximum absolute atomic E-state index is 11.4. The van der Waals surface area contributed by atoms with Crippen LogP contribution in [0.5, 0.6) is 0 Å². The fourth-order valence-electron chi connectivity index (χ4n) is 1.16. The molecule has 0 aliphatic heterocycles. The maximum atomic E-state index is 11.4. The van der Waals surface area contributed by atoms with Gasteiger partial charge in [0.1, 0.15) is 12.2 Å². The van der Waals surface area contributed by atoms with Crippen molar-refractivity contribution < 1.29 is 24.4 Å². The second-order valence-electron chi connectivity index (χ2n) is 3.50. The minimum Gasteiger partial charge on any atom is -0.390 e. The summed E-state index contributed by atoms with van der Waals surface area (Å²) in [6, 6.07) is 0. The van der Waals surface area contributed by atoms with Gasteiger partial charge in [0.25, 0.3) is 0 Å². The van der Waals surface area contributed by atoms with Gasteiger partial charge in [-0.15, -0.1) is 4.52 Å². The lowest BCUT2D eigenvalue weighted by Gasteiger charge is -2.19. The highest BCUT2D eigenvalue weighted by Gasteiger charge is 2.33. The number of aliphatic hydroxyl groups excluding tert-OH is 3. The van der Waals surface area contributed by atoms with E-state index in [4.69, 9.17) is 15.0 Å². The Balaban J connectivity index is 4.17. The molecule has 0 fully saturated rings. The lowest BCUT2D eigenvalue weighted by atomic mass is 10.0. The Labute approximate surface area is 95.6 Å². The van der Waals surface area contributed by atoms with Gasteiger partial charge < -0.3 is 20.7 Å². The van der Waals surface area contributed by atoms with Crippen molar-refractivity contribution in [2.45, 2.75) is 44.2 Å². The van der Waals surface area contributed by atoms with Gasteiger partial charge in [0.15, 0.2) is 5.66 Å². The quantitative estimate of drug-likeness (QED) is 0.366. The summed E-state index contributed by atoms with van der Waals surface area (Å²) in [5, 5.41) is 34.7. The third-order valence-electron chi connectivity index (χ3n) is 2.11. The van der Waals surface area contributed by atoms with E-state index in [9.17, 15) is 14.8 Å². The Bertz CT molecular complexity index is 238. The van der Waals surface area contributed by atoms with Gasteiger partial charge in [-0.2, -0.15) is 0 Å². The van der Waals surface area contributed by atoms with Crippen LogP contribution in [0.3, 0.4) is 0 Å². The fourth-order valence-corrected chi connectivity index (χ4v) is 2.05. The van der Waals surface area contributed by atoms with Crippen molar-refractivity contribution in [3.8, 4) is 0 Å². The van der Waals surface area contributed by atoms with Crippen LogP contribution in [0.2, 0.25) is 0 Å². The monoisotopic (exact) mass is 252 g/mol. The molecule has 0 amide bonds. The van der Waals surface area contributed by atoms with Crippen LogP contribution in [0.15, 0.2) is 0 Å². The highest BCUT2D eigenvalue weighted by molar-refractivity contribution is 7.40. The first-order valence-corrected chi connectivity index (χ1v) is 6.32. The number of hydrogen-bond acceptors (Lipinski definition) is 6. The number of hydrogen-bond donors (Lipinski definition) is 4. The van der Waals surface area contributed by atoms with Gasteiger partial charge in [0.2, 0.25) is 0 Å². The van der Waals surface area contributed by atoms with E-state index in [0.29, 0.717) is 12.8 Å². The van der Waals surface area contributed by atoms with E-state index in [2.05, 4.69) is 0 Å². The summed E-state index contributed by atoms with van der Waals surface area (Å²) < 4.78 is 16.2. The summed E-state index contributed by atoms with van der Waals surface area (Å²) in [4.78, 5) is 0. The number of nitrogens with one attached hydrogen (secondary N) is 1. The van der Waals surface area contributed by atoms with E-state index < -0.39 is 32.0 Å². The first-order valence-electron chi connectivity index (χ1n) is 5.08. The van der Waals surface area contributed by atoms with Crippen molar-refractivity contribution in [2.75, 3.05) is 6.61 Å². The van der Waals surface area contributed by atoms with Gasteiger partial charge in [-0.05, 0) is 18.4 Å². The van der Waals surface area contributed by atoms with E-state index in [-0.39, 0.29) is 6.42 Å². The van der Waals surface area contributed by atoms with Crippen LogP contribution in [0.25, 0.3) is 0 Å². The molecule has 0 radical (unpaired) electrons. The predicted molar refractivity (Wildman–Crippen MR) is 60.1 cm³/mol. The summed E-state index contributed by atoms with van der Waals surface area (Å²) in [6.07, 6.45) is -3.40. The molecule has 0 aromatic carbocycles. The van der Waals surface area contributed by atoms with E-state index in [1.807, 2.05) is 0 Å². The smallest absolute Gasteiger partial charge is 0.390 e. The SMILES string of the molecule is CCO[P+](=O)C(C)C[C@@H](O)[C@@H](O)[C@@H](O)C=N. The molecule has 0 rings (SSSR count). The zero-order valence-corrected chi connectivity index (χ0v) is 10.3. The molecule has 6 nitrogen and oxygen atoms in total. The molecule has 0 saturated heterocycles. The van der Waals surface area contributed by atoms with Crippen LogP contribution in [-0.4, -0.2) is 52.1 Å². The molecule has 16 heavy (non-hydrogen) atoms. The first-order chi connectivity index (χ1) is 7.43.